The first-order valence-corrected chi connectivity index (χ1v) is 22.1. The molecule has 0 saturated heterocycles. The predicted octanol–water partition coefficient (Wildman–Crippen LogP) is 15.4. The summed E-state index contributed by atoms with van der Waals surface area (Å²) in [6.45, 7) is 2.40. The third kappa shape index (κ3) is 12.0. The van der Waals surface area contributed by atoms with Gasteiger partial charge in [0.25, 0.3) is 0 Å². The van der Waals surface area contributed by atoms with Crippen molar-refractivity contribution in [2.75, 3.05) is 7.11 Å². The maximum Gasteiger partial charge on any atom is 0.416 e. The molecule has 0 aliphatic carbocycles. The molecular formula is C53H36Cl2F10N2O6. The number of carboxylic acids is 1. The Morgan fingerprint density at radius 2 is 0.918 bits per heavy atom. The van der Waals surface area contributed by atoms with E-state index < -0.39 is 77.5 Å². The van der Waals surface area contributed by atoms with Gasteiger partial charge >= 0.3 is 24.3 Å². The summed E-state index contributed by atoms with van der Waals surface area (Å²) < 4.78 is 157. The summed E-state index contributed by atoms with van der Waals surface area (Å²) in [5.41, 5.74) is -1.18. The second-order valence-electron chi connectivity index (χ2n) is 16.0. The first kappa shape index (κ1) is 53.1. The number of benzene rings is 6. The number of aromatic carboxylic acids is 1. The third-order valence-corrected chi connectivity index (χ3v) is 11.6. The lowest BCUT2D eigenvalue weighted by Crippen LogP contribution is -2.11. The summed E-state index contributed by atoms with van der Waals surface area (Å²) in [7, 11) is 1.07. The van der Waals surface area contributed by atoms with E-state index in [0.29, 0.717) is 51.1 Å². The number of aryl methyl sites for hydroxylation is 2. The van der Waals surface area contributed by atoms with Gasteiger partial charge in [-0.15, -0.1) is 0 Å². The van der Waals surface area contributed by atoms with Crippen LogP contribution in [0.25, 0.3) is 33.9 Å². The molecule has 73 heavy (non-hydrogen) atoms. The molecule has 0 atom stereocenters. The largest absolute Gasteiger partial charge is 0.488 e. The van der Waals surface area contributed by atoms with E-state index in [4.69, 9.17) is 32.7 Å². The second-order valence-corrected chi connectivity index (χ2v) is 16.9. The van der Waals surface area contributed by atoms with E-state index in [1.165, 1.54) is 63.7 Å². The number of aromatic nitrogens is 2. The number of halogens is 12. The average molecular weight is 1060 g/mol. The first-order valence-electron chi connectivity index (χ1n) is 21.3. The molecule has 8 aromatic rings. The Kier molecular flexibility index (Phi) is 15.7. The van der Waals surface area contributed by atoms with Crippen molar-refractivity contribution in [1.29, 1.82) is 0 Å². The quantitative estimate of drug-likeness (QED) is 0.0968. The highest BCUT2D eigenvalue weighted by atomic mass is 35.5. The van der Waals surface area contributed by atoms with Crippen molar-refractivity contribution in [3.05, 3.63) is 212 Å². The van der Waals surface area contributed by atoms with Crippen molar-refractivity contribution >= 4 is 35.1 Å². The van der Waals surface area contributed by atoms with E-state index in [9.17, 15) is 58.6 Å². The standard InChI is InChI=1S/C27H19ClF5NO3.C26H17ClF5NO3/c1-15-6-8-24(34(15)19-11-16(26(35)36-2)10-17(12-19)27(31,32)33)20-13-18(28)7-9-25(20)37-14-21-22(29)4-3-5-23(21)30;1-14-5-7-23(33(14)18-10-15(25(34)35)9-16(11-18)26(30,31)32)19-12-17(27)6-8-24(19)36-13-20-21(28)3-2-4-22(20)29/h3-13H,14H2,1-2H3;2-12H,13H2,1H3,(H,34,35). The van der Waals surface area contributed by atoms with E-state index in [1.807, 2.05) is 0 Å². The van der Waals surface area contributed by atoms with Crippen LogP contribution in [0.3, 0.4) is 0 Å². The minimum atomic E-state index is -4.78. The fourth-order valence-electron chi connectivity index (χ4n) is 7.65. The van der Waals surface area contributed by atoms with Crippen LogP contribution in [0.4, 0.5) is 43.9 Å². The fraction of sp³-hybridized carbons (Fsp3) is 0.132. The number of hydrogen-bond donors (Lipinski definition) is 1. The smallest absolute Gasteiger partial charge is 0.416 e. The van der Waals surface area contributed by atoms with Crippen LogP contribution >= 0.6 is 23.2 Å². The molecule has 2 heterocycles. The van der Waals surface area contributed by atoms with Crippen LogP contribution in [-0.4, -0.2) is 33.3 Å². The SMILES string of the molecule is COC(=O)c1cc(-n2c(C)ccc2-c2cc(Cl)ccc2OCc2c(F)cccc2F)cc(C(F)(F)F)c1.Cc1ccc(-c2cc(Cl)ccc2OCc2c(F)cccc2F)n1-c1cc(C(=O)O)cc(C(F)(F)F)c1. The Morgan fingerprint density at radius 3 is 1.29 bits per heavy atom. The van der Waals surface area contributed by atoms with Crippen molar-refractivity contribution < 1.29 is 72.8 Å². The first-order chi connectivity index (χ1) is 34.4. The highest BCUT2D eigenvalue weighted by Crippen LogP contribution is 2.41. The topological polar surface area (TPSA) is 91.9 Å². The Labute approximate surface area is 419 Å². The zero-order chi connectivity index (χ0) is 53.1. The molecule has 0 amide bonds. The predicted molar refractivity (Wildman–Crippen MR) is 252 cm³/mol. The lowest BCUT2D eigenvalue weighted by Gasteiger charge is -2.18. The Bertz CT molecular complexity index is 3350. The molecule has 0 unspecified atom stereocenters. The number of alkyl halides is 6. The Balaban J connectivity index is 0.000000214. The number of methoxy groups -OCH3 is 1. The number of esters is 1. The van der Waals surface area contributed by atoms with Crippen molar-refractivity contribution in [2.45, 2.75) is 39.4 Å². The van der Waals surface area contributed by atoms with Gasteiger partial charge < -0.3 is 28.5 Å². The van der Waals surface area contributed by atoms with Crippen molar-refractivity contribution in [1.82, 2.24) is 9.13 Å². The molecule has 1 N–H and O–H groups in total. The van der Waals surface area contributed by atoms with Crippen LogP contribution in [0, 0.1) is 37.1 Å². The van der Waals surface area contributed by atoms with E-state index in [0.717, 1.165) is 49.6 Å². The van der Waals surface area contributed by atoms with Gasteiger partial charge in [0.1, 0.15) is 48.0 Å². The lowest BCUT2D eigenvalue weighted by atomic mass is 10.1. The number of hydrogen-bond acceptors (Lipinski definition) is 5. The minimum Gasteiger partial charge on any atom is -0.488 e. The van der Waals surface area contributed by atoms with E-state index in [2.05, 4.69) is 4.74 Å². The van der Waals surface area contributed by atoms with E-state index in [1.54, 1.807) is 38.1 Å². The molecule has 378 valence electrons. The highest BCUT2D eigenvalue weighted by Gasteiger charge is 2.34. The third-order valence-electron chi connectivity index (χ3n) is 11.1. The molecule has 2 aromatic heterocycles. The Morgan fingerprint density at radius 1 is 0.534 bits per heavy atom. The van der Waals surface area contributed by atoms with Gasteiger partial charge in [-0.3, -0.25) is 0 Å². The molecule has 0 aliphatic heterocycles. The average Bonchev–Trinajstić information content (AvgIpc) is 3.92. The normalized spacial score (nSPS) is 11.5. The van der Waals surface area contributed by atoms with Gasteiger partial charge in [0.2, 0.25) is 0 Å². The number of carbonyl (C=O) groups is 2. The molecule has 8 rings (SSSR count). The zero-order valence-electron chi connectivity index (χ0n) is 38.0. The van der Waals surface area contributed by atoms with E-state index in [-0.39, 0.29) is 44.6 Å². The fourth-order valence-corrected chi connectivity index (χ4v) is 7.99. The maximum absolute atomic E-state index is 14.1. The molecule has 0 radical (unpaired) electrons. The van der Waals surface area contributed by atoms with Gasteiger partial charge in [-0.05, 0) is 135 Å². The number of carboxylic acid groups (broad SMARTS) is 1. The van der Waals surface area contributed by atoms with Gasteiger partial charge in [-0.1, -0.05) is 35.3 Å². The summed E-state index contributed by atoms with van der Waals surface area (Å²) >= 11 is 12.4. The summed E-state index contributed by atoms with van der Waals surface area (Å²) in [6, 6.07) is 27.7. The summed E-state index contributed by atoms with van der Waals surface area (Å²) in [5, 5.41) is 9.95. The van der Waals surface area contributed by atoms with Gasteiger partial charge in [0, 0.05) is 43.9 Å². The summed E-state index contributed by atoms with van der Waals surface area (Å²) in [6.07, 6.45) is -9.51. The van der Waals surface area contributed by atoms with Crippen LogP contribution < -0.4 is 9.47 Å². The number of nitrogens with zero attached hydrogens (tertiary/aromatic N) is 2. The highest BCUT2D eigenvalue weighted by molar-refractivity contribution is 6.31. The van der Waals surface area contributed by atoms with Gasteiger partial charge in [0.05, 0.1) is 51.9 Å². The van der Waals surface area contributed by atoms with E-state index >= 15 is 0 Å². The minimum absolute atomic E-state index is 0.0406. The molecule has 0 bridgehead atoms. The zero-order valence-corrected chi connectivity index (χ0v) is 39.5. The molecule has 0 saturated carbocycles. The summed E-state index contributed by atoms with van der Waals surface area (Å²) in [4.78, 5) is 23.7. The van der Waals surface area contributed by atoms with Crippen LogP contribution in [0.5, 0.6) is 11.5 Å². The number of rotatable bonds is 12. The molecule has 20 heteroatoms. The van der Waals surface area contributed by atoms with Crippen molar-refractivity contribution in [2.24, 2.45) is 0 Å². The number of ether oxygens (including phenoxy) is 3. The molecule has 6 aromatic carbocycles. The monoisotopic (exact) mass is 1060 g/mol. The van der Waals surface area contributed by atoms with Crippen molar-refractivity contribution in [3.8, 4) is 45.4 Å². The molecule has 0 fully saturated rings. The molecule has 0 spiro atoms. The molecule has 0 aliphatic rings. The second kappa shape index (κ2) is 21.6. The van der Waals surface area contributed by atoms with Gasteiger partial charge in [-0.2, -0.15) is 26.3 Å². The van der Waals surface area contributed by atoms with Crippen LogP contribution in [0.1, 0.15) is 54.4 Å². The van der Waals surface area contributed by atoms with Crippen LogP contribution in [0.15, 0.2) is 133 Å². The maximum atomic E-state index is 14.1. The van der Waals surface area contributed by atoms with Crippen LogP contribution in [0.2, 0.25) is 10.0 Å². The molecule has 8 nitrogen and oxygen atoms in total. The van der Waals surface area contributed by atoms with Crippen LogP contribution in [-0.2, 0) is 30.3 Å². The van der Waals surface area contributed by atoms with Gasteiger partial charge in [0.15, 0.2) is 0 Å². The van der Waals surface area contributed by atoms with Gasteiger partial charge in [-0.25, -0.2) is 27.2 Å². The lowest BCUT2D eigenvalue weighted by molar-refractivity contribution is -0.138. The summed E-state index contributed by atoms with van der Waals surface area (Å²) in [5.74, 6) is -5.27. The number of carbonyl (C=O) groups excluding carboxylic acids is 1. The van der Waals surface area contributed by atoms with Crippen molar-refractivity contribution in [3.63, 3.8) is 0 Å². The Hall–Kier alpha value is -7.70. The molecular weight excluding hydrogens is 1020 g/mol.